The lowest BCUT2D eigenvalue weighted by Gasteiger charge is -2.44. The molecule has 0 bridgehead atoms. The van der Waals surface area contributed by atoms with Gasteiger partial charge in [-0.25, -0.2) is 9.18 Å². The first-order valence-electron chi connectivity index (χ1n) is 9.87. The summed E-state index contributed by atoms with van der Waals surface area (Å²) in [7, 11) is 1.42. The van der Waals surface area contributed by atoms with E-state index in [2.05, 4.69) is 11.8 Å². The number of hydrogen-bond donors (Lipinski definition) is 0. The zero-order chi connectivity index (χ0) is 19.2. The number of fused-ring (bicyclic) bond motifs is 1. The van der Waals surface area contributed by atoms with Gasteiger partial charge in [0.15, 0.2) is 0 Å². The first-order valence-corrected chi connectivity index (χ1v) is 9.87. The van der Waals surface area contributed by atoms with Gasteiger partial charge >= 0.3 is 6.09 Å². The summed E-state index contributed by atoms with van der Waals surface area (Å²) < 4.78 is 18.4. The van der Waals surface area contributed by atoms with Gasteiger partial charge in [0.1, 0.15) is 5.83 Å². The lowest BCUT2D eigenvalue weighted by Crippen LogP contribution is -2.54. The van der Waals surface area contributed by atoms with Crippen LogP contribution in [0.2, 0.25) is 0 Å². The predicted molar refractivity (Wildman–Crippen MR) is 98.4 cm³/mol. The molecule has 2 atom stereocenters. The fourth-order valence-corrected chi connectivity index (χ4v) is 5.19. The molecule has 1 aliphatic carbocycles. The molecule has 0 saturated carbocycles. The van der Waals surface area contributed by atoms with E-state index in [9.17, 15) is 14.0 Å². The molecule has 7 heteroatoms. The fourth-order valence-electron chi connectivity index (χ4n) is 5.19. The number of piperidine rings is 1. The van der Waals surface area contributed by atoms with Gasteiger partial charge in [0, 0.05) is 62.2 Å². The van der Waals surface area contributed by atoms with Gasteiger partial charge in [0.2, 0.25) is 5.91 Å². The Morgan fingerprint density at radius 2 is 1.96 bits per heavy atom. The molecule has 3 fully saturated rings. The van der Waals surface area contributed by atoms with Crippen molar-refractivity contribution >= 4 is 12.0 Å². The van der Waals surface area contributed by atoms with Gasteiger partial charge in [-0.2, -0.15) is 0 Å². The third-order valence-electron chi connectivity index (χ3n) is 6.74. The maximum atomic E-state index is 13.5. The molecular weight excluding hydrogens is 349 g/mol. The number of rotatable bonds is 2. The van der Waals surface area contributed by atoms with Crippen molar-refractivity contribution in [1.82, 2.24) is 14.7 Å². The highest BCUT2D eigenvalue weighted by molar-refractivity contribution is 5.82. The van der Waals surface area contributed by atoms with E-state index >= 15 is 0 Å². The summed E-state index contributed by atoms with van der Waals surface area (Å²) in [6.45, 7) is 5.43. The zero-order valence-electron chi connectivity index (χ0n) is 16.1. The van der Waals surface area contributed by atoms with Crippen LogP contribution in [0.3, 0.4) is 0 Å². The second-order valence-electron chi connectivity index (χ2n) is 8.43. The second kappa shape index (κ2) is 6.93. The molecule has 3 saturated heterocycles. The standard InChI is InChI=1S/C20H28FN3O3/c1-20(7-10-22(13-20)19(26)27-2)23-8-5-16(6-9-23)24-17-4-3-15(21)11-14(17)12-18(24)25/h3-4,14,16H,5-13H2,1-2H3. The van der Waals surface area contributed by atoms with Crippen molar-refractivity contribution in [2.75, 3.05) is 33.3 Å². The molecule has 0 radical (unpaired) electrons. The Labute approximate surface area is 159 Å². The number of hydrogen-bond acceptors (Lipinski definition) is 4. The Kier molecular flexibility index (Phi) is 4.74. The summed E-state index contributed by atoms with van der Waals surface area (Å²) in [6, 6.07) is 0.196. The predicted octanol–water partition coefficient (Wildman–Crippen LogP) is 2.67. The first-order chi connectivity index (χ1) is 12.9. The molecule has 3 aliphatic heterocycles. The van der Waals surface area contributed by atoms with Crippen LogP contribution in [0.15, 0.2) is 23.7 Å². The number of halogens is 1. The summed E-state index contributed by atoms with van der Waals surface area (Å²) >= 11 is 0. The van der Waals surface area contributed by atoms with Gasteiger partial charge in [-0.15, -0.1) is 0 Å². The summed E-state index contributed by atoms with van der Waals surface area (Å²) in [6.07, 6.45) is 6.60. The minimum absolute atomic E-state index is 0.0153. The third-order valence-corrected chi connectivity index (χ3v) is 6.74. The lowest BCUT2D eigenvalue weighted by atomic mass is 9.92. The maximum absolute atomic E-state index is 13.5. The van der Waals surface area contributed by atoms with Crippen molar-refractivity contribution in [3.05, 3.63) is 23.7 Å². The Morgan fingerprint density at radius 1 is 1.22 bits per heavy atom. The molecule has 148 valence electrons. The molecule has 0 N–H and O–H groups in total. The smallest absolute Gasteiger partial charge is 0.409 e. The van der Waals surface area contributed by atoms with Crippen LogP contribution in [-0.4, -0.2) is 71.6 Å². The minimum atomic E-state index is -0.258. The van der Waals surface area contributed by atoms with E-state index in [1.165, 1.54) is 13.2 Å². The van der Waals surface area contributed by atoms with E-state index in [1.54, 1.807) is 11.0 Å². The van der Waals surface area contributed by atoms with Crippen molar-refractivity contribution in [3.63, 3.8) is 0 Å². The van der Waals surface area contributed by atoms with Crippen molar-refractivity contribution in [3.8, 4) is 0 Å². The third kappa shape index (κ3) is 3.26. The van der Waals surface area contributed by atoms with E-state index in [4.69, 9.17) is 4.74 Å². The Morgan fingerprint density at radius 3 is 2.67 bits per heavy atom. The van der Waals surface area contributed by atoms with Crippen LogP contribution in [0.1, 0.15) is 39.0 Å². The van der Waals surface area contributed by atoms with E-state index in [0.29, 0.717) is 19.4 Å². The zero-order valence-corrected chi connectivity index (χ0v) is 16.1. The molecule has 6 nitrogen and oxygen atoms in total. The average molecular weight is 377 g/mol. The minimum Gasteiger partial charge on any atom is -0.453 e. The second-order valence-corrected chi connectivity index (χ2v) is 8.43. The Bertz CT molecular complexity index is 699. The number of carbonyl (C=O) groups excluding carboxylic acids is 2. The molecule has 0 aromatic heterocycles. The number of nitrogens with zero attached hydrogens (tertiary/aromatic N) is 3. The van der Waals surface area contributed by atoms with Crippen LogP contribution >= 0.6 is 0 Å². The van der Waals surface area contributed by atoms with Crippen LogP contribution in [0.5, 0.6) is 0 Å². The maximum Gasteiger partial charge on any atom is 0.409 e. The van der Waals surface area contributed by atoms with Crippen LogP contribution < -0.4 is 0 Å². The van der Waals surface area contributed by atoms with E-state index in [1.807, 2.05) is 4.90 Å². The van der Waals surface area contributed by atoms with Crippen LogP contribution in [-0.2, 0) is 9.53 Å². The normalized spacial score (nSPS) is 32.4. The molecular formula is C20H28FN3O3. The van der Waals surface area contributed by atoms with Gasteiger partial charge in [-0.05, 0) is 38.3 Å². The SMILES string of the molecule is COC(=O)N1CCC(C)(N2CCC(N3C(=O)CC4CC(F)=CC=C43)CC2)C1. The monoisotopic (exact) mass is 377 g/mol. The first kappa shape index (κ1) is 18.5. The highest BCUT2D eigenvalue weighted by atomic mass is 19.1. The lowest BCUT2D eigenvalue weighted by molar-refractivity contribution is -0.129. The number of ether oxygens (including phenoxy) is 1. The highest BCUT2D eigenvalue weighted by Crippen LogP contribution is 2.41. The van der Waals surface area contributed by atoms with E-state index in [-0.39, 0.29) is 35.3 Å². The summed E-state index contributed by atoms with van der Waals surface area (Å²) in [5.74, 6) is 0.0239. The quantitative estimate of drug-likeness (QED) is 0.742. The summed E-state index contributed by atoms with van der Waals surface area (Å²) in [4.78, 5) is 30.6. The van der Waals surface area contributed by atoms with Crippen LogP contribution in [0.4, 0.5) is 9.18 Å². The van der Waals surface area contributed by atoms with Crippen molar-refractivity contribution < 1.29 is 18.7 Å². The van der Waals surface area contributed by atoms with Crippen molar-refractivity contribution in [2.24, 2.45) is 5.92 Å². The van der Waals surface area contributed by atoms with E-state index < -0.39 is 0 Å². The fraction of sp³-hybridized carbons (Fsp3) is 0.700. The Balaban J connectivity index is 1.39. The van der Waals surface area contributed by atoms with E-state index in [0.717, 1.165) is 44.6 Å². The molecule has 4 aliphatic rings. The number of carbonyl (C=O) groups is 2. The van der Waals surface area contributed by atoms with Gasteiger partial charge in [0.25, 0.3) is 0 Å². The molecule has 2 unspecified atom stereocenters. The molecule has 2 amide bonds. The molecule has 3 heterocycles. The highest BCUT2D eigenvalue weighted by Gasteiger charge is 2.45. The van der Waals surface area contributed by atoms with Crippen LogP contribution in [0.25, 0.3) is 0 Å². The molecule has 0 aromatic rings. The summed E-state index contributed by atoms with van der Waals surface area (Å²) in [5.41, 5.74) is 0.968. The number of methoxy groups -OCH3 is 1. The number of likely N-dealkylation sites (tertiary alicyclic amines) is 3. The molecule has 4 rings (SSSR count). The van der Waals surface area contributed by atoms with Gasteiger partial charge < -0.3 is 14.5 Å². The van der Waals surface area contributed by atoms with Gasteiger partial charge in [-0.3, -0.25) is 9.69 Å². The molecule has 0 spiro atoms. The van der Waals surface area contributed by atoms with Crippen LogP contribution in [0, 0.1) is 5.92 Å². The Hall–Kier alpha value is -1.89. The molecule has 27 heavy (non-hydrogen) atoms. The topological polar surface area (TPSA) is 53.1 Å². The average Bonchev–Trinajstić information content (AvgIpc) is 3.21. The van der Waals surface area contributed by atoms with Crippen molar-refractivity contribution in [2.45, 2.75) is 50.6 Å². The largest absolute Gasteiger partial charge is 0.453 e. The van der Waals surface area contributed by atoms with Crippen molar-refractivity contribution in [1.29, 1.82) is 0 Å². The number of amides is 2. The molecule has 0 aromatic carbocycles. The number of allylic oxidation sites excluding steroid dienone is 4. The van der Waals surface area contributed by atoms with Gasteiger partial charge in [0.05, 0.1) is 7.11 Å². The summed E-state index contributed by atoms with van der Waals surface area (Å²) in [5, 5.41) is 0. The van der Waals surface area contributed by atoms with Gasteiger partial charge in [-0.1, -0.05) is 0 Å².